The number of hydrogen-bond donors (Lipinski definition) is 0. The van der Waals surface area contributed by atoms with Gasteiger partial charge in [-0.3, -0.25) is 0 Å². The fourth-order valence-electron chi connectivity index (χ4n) is 2.51. The highest BCUT2D eigenvalue weighted by atomic mass is 32.2. The average molecular weight is 324 g/mol. The lowest BCUT2D eigenvalue weighted by Crippen LogP contribution is -2.03. The van der Waals surface area contributed by atoms with E-state index in [2.05, 4.69) is 47.6 Å². The summed E-state index contributed by atoms with van der Waals surface area (Å²) >= 11 is 1.90. The van der Waals surface area contributed by atoms with Crippen molar-refractivity contribution in [2.45, 2.75) is 31.6 Å². The van der Waals surface area contributed by atoms with Gasteiger partial charge in [0.2, 0.25) is 0 Å². The molecule has 0 aliphatic rings. The number of nitrogens with zero attached hydrogens (tertiary/aromatic N) is 4. The van der Waals surface area contributed by atoms with Gasteiger partial charge in [-0.2, -0.15) is 4.68 Å². The van der Waals surface area contributed by atoms with Crippen LogP contribution in [-0.4, -0.2) is 26.0 Å². The first-order valence-corrected chi connectivity index (χ1v) is 8.75. The van der Waals surface area contributed by atoms with Crippen molar-refractivity contribution in [1.29, 1.82) is 0 Å². The predicted molar refractivity (Wildman–Crippen MR) is 94.1 cm³/mol. The van der Waals surface area contributed by atoms with Crippen molar-refractivity contribution < 1.29 is 0 Å². The second-order valence-electron chi connectivity index (χ2n) is 5.56. The highest BCUT2D eigenvalue weighted by Gasteiger charge is 2.08. The molecule has 0 saturated carbocycles. The molecule has 0 bridgehead atoms. The minimum Gasteiger partial charge on any atom is -0.197 e. The lowest BCUT2D eigenvalue weighted by Gasteiger charge is -2.07. The molecule has 0 N–H and O–H groups in total. The zero-order chi connectivity index (χ0) is 16.1. The van der Waals surface area contributed by atoms with E-state index in [9.17, 15) is 0 Å². The van der Waals surface area contributed by atoms with Gasteiger partial charge in [-0.05, 0) is 60.2 Å². The van der Waals surface area contributed by atoms with Crippen LogP contribution in [0.3, 0.4) is 0 Å². The van der Waals surface area contributed by atoms with Crippen LogP contribution in [0.5, 0.6) is 0 Å². The Balaban J connectivity index is 1.57. The van der Waals surface area contributed by atoms with Gasteiger partial charge in [0.05, 0.1) is 5.69 Å². The summed E-state index contributed by atoms with van der Waals surface area (Å²) < 4.78 is 1.82. The molecule has 0 spiro atoms. The topological polar surface area (TPSA) is 43.6 Å². The second kappa shape index (κ2) is 7.42. The first kappa shape index (κ1) is 15.7. The molecule has 1 aromatic heterocycles. The minimum atomic E-state index is 0.875. The Hall–Kier alpha value is -2.14. The fraction of sp³-hybridized carbons (Fsp3) is 0.278. The third-order valence-electron chi connectivity index (χ3n) is 3.67. The molecular formula is C18H20N4S. The summed E-state index contributed by atoms with van der Waals surface area (Å²) in [6.45, 7) is 4.30. The van der Waals surface area contributed by atoms with Crippen LogP contribution >= 0.6 is 11.8 Å². The Labute approximate surface area is 140 Å². The summed E-state index contributed by atoms with van der Waals surface area (Å²) in [6.07, 6.45) is 1.92. The number of tetrazole rings is 1. The van der Waals surface area contributed by atoms with Crippen LogP contribution in [0.25, 0.3) is 5.69 Å². The Morgan fingerprint density at radius 1 is 1.04 bits per heavy atom. The van der Waals surface area contributed by atoms with Crippen molar-refractivity contribution in [2.24, 2.45) is 0 Å². The van der Waals surface area contributed by atoms with Gasteiger partial charge in [0.1, 0.15) is 0 Å². The highest BCUT2D eigenvalue weighted by Crippen LogP contribution is 2.24. The molecule has 23 heavy (non-hydrogen) atoms. The third-order valence-corrected chi connectivity index (χ3v) is 4.93. The molecule has 4 nitrogen and oxygen atoms in total. The summed E-state index contributed by atoms with van der Waals surface area (Å²) in [4.78, 5) is 1.36. The molecule has 1 heterocycles. The van der Waals surface area contributed by atoms with Crippen molar-refractivity contribution in [2.75, 3.05) is 5.75 Å². The van der Waals surface area contributed by atoms with Gasteiger partial charge in [0.25, 0.3) is 0 Å². The number of rotatable bonds is 6. The highest BCUT2D eigenvalue weighted by molar-refractivity contribution is 7.99. The SMILES string of the molecule is Cc1ccc(SCCCc2nnnn2-c2ccccc2)c(C)c1. The number of hydrogen-bond acceptors (Lipinski definition) is 4. The summed E-state index contributed by atoms with van der Waals surface area (Å²) in [6, 6.07) is 16.6. The van der Waals surface area contributed by atoms with E-state index >= 15 is 0 Å². The van der Waals surface area contributed by atoms with Crippen LogP contribution in [0.2, 0.25) is 0 Å². The van der Waals surface area contributed by atoms with Gasteiger partial charge in [-0.25, -0.2) is 0 Å². The number of para-hydroxylation sites is 1. The van der Waals surface area contributed by atoms with E-state index in [1.807, 2.05) is 46.8 Å². The molecule has 0 fully saturated rings. The van der Waals surface area contributed by atoms with Crippen LogP contribution in [0.4, 0.5) is 0 Å². The summed E-state index contributed by atoms with van der Waals surface area (Å²) in [7, 11) is 0. The molecular weight excluding hydrogens is 304 g/mol. The van der Waals surface area contributed by atoms with Crippen molar-refractivity contribution in [3.63, 3.8) is 0 Å². The molecule has 2 aromatic carbocycles. The lowest BCUT2D eigenvalue weighted by molar-refractivity contribution is 0.747. The molecule has 0 unspecified atom stereocenters. The molecule has 0 saturated heterocycles. The zero-order valence-corrected chi connectivity index (χ0v) is 14.3. The molecule has 0 aliphatic carbocycles. The lowest BCUT2D eigenvalue weighted by atomic mass is 10.2. The summed E-state index contributed by atoms with van der Waals surface area (Å²) in [5, 5.41) is 12.1. The third kappa shape index (κ3) is 3.99. The Morgan fingerprint density at radius 3 is 2.65 bits per heavy atom. The maximum absolute atomic E-state index is 4.16. The number of aromatic nitrogens is 4. The number of aryl methyl sites for hydroxylation is 3. The molecule has 3 aromatic rings. The summed E-state index contributed by atoms with van der Waals surface area (Å²) in [5.41, 5.74) is 3.67. The maximum atomic E-state index is 4.16. The van der Waals surface area contributed by atoms with E-state index in [0.717, 1.165) is 30.1 Å². The standard InChI is InChI=1S/C18H20N4S/c1-14-10-11-17(15(2)13-14)23-12-6-9-18-19-20-21-22(18)16-7-4-3-5-8-16/h3-5,7-8,10-11,13H,6,9,12H2,1-2H3. The van der Waals surface area contributed by atoms with Crippen LogP contribution in [0.1, 0.15) is 23.4 Å². The van der Waals surface area contributed by atoms with E-state index in [1.54, 1.807) is 0 Å². The Kier molecular flexibility index (Phi) is 5.08. The van der Waals surface area contributed by atoms with E-state index in [4.69, 9.17) is 0 Å². The second-order valence-corrected chi connectivity index (χ2v) is 6.70. The van der Waals surface area contributed by atoms with E-state index in [1.165, 1.54) is 16.0 Å². The Bertz CT molecular complexity index is 768. The van der Waals surface area contributed by atoms with Crippen LogP contribution < -0.4 is 0 Å². The molecule has 0 amide bonds. The van der Waals surface area contributed by atoms with Crippen LogP contribution in [0.15, 0.2) is 53.4 Å². The molecule has 0 aliphatic heterocycles. The molecule has 0 atom stereocenters. The number of benzene rings is 2. The van der Waals surface area contributed by atoms with E-state index < -0.39 is 0 Å². The van der Waals surface area contributed by atoms with Crippen molar-refractivity contribution in [3.8, 4) is 5.69 Å². The maximum Gasteiger partial charge on any atom is 0.156 e. The van der Waals surface area contributed by atoms with Gasteiger partial charge in [0, 0.05) is 11.3 Å². The monoisotopic (exact) mass is 324 g/mol. The zero-order valence-electron chi connectivity index (χ0n) is 13.4. The minimum absolute atomic E-state index is 0.875. The van der Waals surface area contributed by atoms with Crippen LogP contribution in [-0.2, 0) is 6.42 Å². The van der Waals surface area contributed by atoms with Gasteiger partial charge < -0.3 is 0 Å². The predicted octanol–water partition coefficient (Wildman–Crippen LogP) is 4.00. The molecule has 3 rings (SSSR count). The van der Waals surface area contributed by atoms with Gasteiger partial charge >= 0.3 is 0 Å². The number of thioether (sulfide) groups is 1. The molecule has 0 radical (unpaired) electrons. The van der Waals surface area contributed by atoms with Crippen LogP contribution in [0, 0.1) is 13.8 Å². The molecule has 118 valence electrons. The quantitative estimate of drug-likeness (QED) is 0.508. The van der Waals surface area contributed by atoms with Crippen molar-refractivity contribution in [1.82, 2.24) is 20.2 Å². The fourth-order valence-corrected chi connectivity index (χ4v) is 3.46. The Morgan fingerprint density at radius 2 is 1.87 bits per heavy atom. The normalized spacial score (nSPS) is 10.9. The first-order valence-electron chi connectivity index (χ1n) is 7.77. The average Bonchev–Trinajstić information content (AvgIpc) is 3.02. The van der Waals surface area contributed by atoms with Gasteiger partial charge in [-0.15, -0.1) is 16.9 Å². The molecule has 5 heteroatoms. The van der Waals surface area contributed by atoms with Crippen molar-refractivity contribution in [3.05, 3.63) is 65.5 Å². The van der Waals surface area contributed by atoms with Crippen molar-refractivity contribution >= 4 is 11.8 Å². The van der Waals surface area contributed by atoms with Gasteiger partial charge in [-0.1, -0.05) is 35.9 Å². The van der Waals surface area contributed by atoms with E-state index in [-0.39, 0.29) is 0 Å². The smallest absolute Gasteiger partial charge is 0.156 e. The first-order chi connectivity index (χ1) is 11.2. The largest absolute Gasteiger partial charge is 0.197 e. The summed E-state index contributed by atoms with van der Waals surface area (Å²) in [5.74, 6) is 1.98. The van der Waals surface area contributed by atoms with Gasteiger partial charge in [0.15, 0.2) is 5.82 Å². The van der Waals surface area contributed by atoms with E-state index in [0.29, 0.717) is 0 Å².